The molecular formula is C20H20N2O5. The van der Waals surface area contributed by atoms with Crippen LogP contribution in [0, 0.1) is 5.92 Å². The second kappa shape index (κ2) is 6.90. The van der Waals surface area contributed by atoms with E-state index in [0.29, 0.717) is 25.8 Å². The zero-order chi connectivity index (χ0) is 19.0. The van der Waals surface area contributed by atoms with Crippen molar-refractivity contribution in [3.63, 3.8) is 0 Å². The van der Waals surface area contributed by atoms with Crippen molar-refractivity contribution in [2.24, 2.45) is 5.92 Å². The minimum absolute atomic E-state index is 0.156. The number of amides is 2. The Labute approximate surface area is 156 Å². The fraction of sp³-hybridized carbons (Fsp3) is 0.350. The van der Waals surface area contributed by atoms with Crippen molar-refractivity contribution in [1.82, 2.24) is 10.2 Å². The second-order valence-electron chi connectivity index (χ2n) is 7.11. The molecule has 0 spiro atoms. The summed E-state index contributed by atoms with van der Waals surface area (Å²) in [6.07, 6.45) is 2.71. The summed E-state index contributed by atoms with van der Waals surface area (Å²) in [5, 5.41) is 11.9. The molecule has 1 atom stereocenters. The van der Waals surface area contributed by atoms with Gasteiger partial charge in [0.2, 0.25) is 5.91 Å². The molecule has 0 radical (unpaired) electrons. The minimum Gasteiger partial charge on any atom is -0.481 e. The van der Waals surface area contributed by atoms with Crippen LogP contribution in [0.15, 0.2) is 47.1 Å². The van der Waals surface area contributed by atoms with Gasteiger partial charge in [0, 0.05) is 19.0 Å². The highest BCUT2D eigenvalue weighted by Crippen LogP contribution is 2.29. The first-order valence-electron chi connectivity index (χ1n) is 8.97. The van der Waals surface area contributed by atoms with Gasteiger partial charge >= 0.3 is 5.97 Å². The summed E-state index contributed by atoms with van der Waals surface area (Å²) in [4.78, 5) is 38.2. The summed E-state index contributed by atoms with van der Waals surface area (Å²) >= 11 is 0. The van der Waals surface area contributed by atoms with Crippen molar-refractivity contribution in [1.29, 1.82) is 0 Å². The first-order valence-corrected chi connectivity index (χ1v) is 8.97. The summed E-state index contributed by atoms with van der Waals surface area (Å²) in [6.45, 7) is 0.330. The van der Waals surface area contributed by atoms with Crippen LogP contribution in [0.3, 0.4) is 0 Å². The Balaban J connectivity index is 1.53. The molecule has 1 unspecified atom stereocenters. The van der Waals surface area contributed by atoms with Gasteiger partial charge in [0.1, 0.15) is 6.04 Å². The minimum atomic E-state index is -0.832. The van der Waals surface area contributed by atoms with Gasteiger partial charge in [-0.15, -0.1) is 0 Å². The highest BCUT2D eigenvalue weighted by molar-refractivity contribution is 5.96. The van der Waals surface area contributed by atoms with E-state index in [-0.39, 0.29) is 23.6 Å². The Morgan fingerprint density at radius 3 is 2.48 bits per heavy atom. The molecule has 2 aromatic rings. The zero-order valence-electron chi connectivity index (χ0n) is 14.6. The molecule has 140 valence electrons. The molecule has 27 heavy (non-hydrogen) atoms. The molecule has 1 saturated carbocycles. The van der Waals surface area contributed by atoms with Crippen LogP contribution in [0.4, 0.5) is 0 Å². The van der Waals surface area contributed by atoms with Crippen LogP contribution in [0.1, 0.15) is 34.5 Å². The van der Waals surface area contributed by atoms with E-state index in [2.05, 4.69) is 5.32 Å². The predicted octanol–water partition coefficient (Wildman–Crippen LogP) is 1.83. The number of furan rings is 1. The van der Waals surface area contributed by atoms with Gasteiger partial charge in [0.05, 0.1) is 12.2 Å². The molecule has 1 fully saturated rings. The fourth-order valence-corrected chi connectivity index (χ4v) is 3.75. The third-order valence-electron chi connectivity index (χ3n) is 5.38. The van der Waals surface area contributed by atoms with Gasteiger partial charge in [0.15, 0.2) is 5.76 Å². The Kier molecular flexibility index (Phi) is 4.43. The topological polar surface area (TPSA) is 99.9 Å². The second-order valence-corrected chi connectivity index (χ2v) is 7.11. The number of carbonyl (C=O) groups is 3. The Morgan fingerprint density at radius 2 is 1.81 bits per heavy atom. The average molecular weight is 368 g/mol. The SMILES string of the molecule is O=C(O)C1CC(NC(=O)C2Cc3ccccc3CN2C(=O)c2ccco2)C1. The lowest BCUT2D eigenvalue weighted by Gasteiger charge is -2.38. The number of hydrogen-bond acceptors (Lipinski definition) is 4. The van der Waals surface area contributed by atoms with Crippen molar-refractivity contribution >= 4 is 17.8 Å². The van der Waals surface area contributed by atoms with Crippen molar-refractivity contribution < 1.29 is 23.9 Å². The lowest BCUT2D eigenvalue weighted by atomic mass is 9.80. The first kappa shape index (κ1) is 17.3. The lowest BCUT2D eigenvalue weighted by molar-refractivity contribution is -0.146. The van der Waals surface area contributed by atoms with Crippen LogP contribution in [-0.4, -0.2) is 39.9 Å². The Hall–Kier alpha value is -3.09. The Bertz CT molecular complexity index is 870. The lowest BCUT2D eigenvalue weighted by Crippen LogP contribution is -2.56. The molecule has 4 rings (SSSR count). The highest BCUT2D eigenvalue weighted by Gasteiger charge is 2.40. The molecule has 1 aliphatic carbocycles. The first-order chi connectivity index (χ1) is 13.0. The van der Waals surface area contributed by atoms with Gasteiger partial charge in [-0.05, 0) is 36.1 Å². The van der Waals surface area contributed by atoms with Crippen molar-refractivity contribution in [2.75, 3.05) is 0 Å². The van der Waals surface area contributed by atoms with Crippen LogP contribution < -0.4 is 5.32 Å². The molecule has 1 aromatic heterocycles. The molecule has 2 aliphatic rings. The van der Waals surface area contributed by atoms with E-state index in [1.807, 2.05) is 24.3 Å². The maximum absolute atomic E-state index is 12.9. The quantitative estimate of drug-likeness (QED) is 0.858. The molecule has 7 nitrogen and oxygen atoms in total. The number of nitrogens with zero attached hydrogens (tertiary/aromatic N) is 1. The average Bonchev–Trinajstić information content (AvgIpc) is 3.16. The number of nitrogens with one attached hydrogen (secondary N) is 1. The summed E-state index contributed by atoms with van der Waals surface area (Å²) in [5.41, 5.74) is 2.05. The Morgan fingerprint density at radius 1 is 1.07 bits per heavy atom. The summed E-state index contributed by atoms with van der Waals surface area (Å²) in [5.74, 6) is -1.61. The molecule has 2 heterocycles. The molecule has 1 aromatic carbocycles. The van der Waals surface area contributed by atoms with E-state index >= 15 is 0 Å². The van der Waals surface area contributed by atoms with E-state index < -0.39 is 17.9 Å². The molecule has 0 saturated heterocycles. The number of carbonyl (C=O) groups excluding carboxylic acids is 2. The maximum Gasteiger partial charge on any atom is 0.306 e. The van der Waals surface area contributed by atoms with Crippen LogP contribution in [0.5, 0.6) is 0 Å². The number of hydrogen-bond donors (Lipinski definition) is 2. The van der Waals surface area contributed by atoms with Crippen molar-refractivity contribution in [2.45, 2.75) is 37.9 Å². The van der Waals surface area contributed by atoms with Crippen LogP contribution >= 0.6 is 0 Å². The van der Waals surface area contributed by atoms with Gasteiger partial charge in [0.25, 0.3) is 5.91 Å². The third-order valence-corrected chi connectivity index (χ3v) is 5.38. The standard InChI is InChI=1S/C20H20N2O5/c23-18(21-15-8-14(9-15)20(25)26)16-10-12-4-1-2-5-13(12)11-22(16)19(24)17-6-3-7-27-17/h1-7,14-16H,8-11H2,(H,21,23)(H,25,26). The van der Waals surface area contributed by atoms with Crippen LogP contribution in [0.2, 0.25) is 0 Å². The van der Waals surface area contributed by atoms with E-state index in [9.17, 15) is 14.4 Å². The van der Waals surface area contributed by atoms with Gasteiger partial charge in [-0.3, -0.25) is 14.4 Å². The molecule has 0 bridgehead atoms. The summed E-state index contributed by atoms with van der Waals surface area (Å²) in [6, 6.07) is 10.2. The number of carboxylic acids is 1. The molecule has 2 N–H and O–H groups in total. The van der Waals surface area contributed by atoms with Gasteiger partial charge in [-0.2, -0.15) is 0 Å². The van der Waals surface area contributed by atoms with Gasteiger partial charge in [-0.25, -0.2) is 0 Å². The third kappa shape index (κ3) is 3.32. The zero-order valence-corrected chi connectivity index (χ0v) is 14.6. The van der Waals surface area contributed by atoms with Crippen molar-refractivity contribution in [3.05, 3.63) is 59.5 Å². The fourth-order valence-electron chi connectivity index (χ4n) is 3.75. The molecule has 7 heteroatoms. The molecule has 2 amide bonds. The predicted molar refractivity (Wildman–Crippen MR) is 94.8 cm³/mol. The van der Waals surface area contributed by atoms with Crippen LogP contribution in [-0.2, 0) is 22.6 Å². The van der Waals surface area contributed by atoms with Crippen molar-refractivity contribution in [3.8, 4) is 0 Å². The smallest absolute Gasteiger partial charge is 0.306 e. The number of carboxylic acid groups (broad SMARTS) is 1. The van der Waals surface area contributed by atoms with Gasteiger partial charge in [-0.1, -0.05) is 24.3 Å². The summed E-state index contributed by atoms with van der Waals surface area (Å²) in [7, 11) is 0. The number of aliphatic carboxylic acids is 1. The largest absolute Gasteiger partial charge is 0.481 e. The summed E-state index contributed by atoms with van der Waals surface area (Å²) < 4.78 is 5.23. The monoisotopic (exact) mass is 368 g/mol. The molecular weight excluding hydrogens is 348 g/mol. The normalized spacial score (nSPS) is 23.9. The highest BCUT2D eigenvalue weighted by atomic mass is 16.4. The number of benzene rings is 1. The van der Waals surface area contributed by atoms with Crippen LogP contribution in [0.25, 0.3) is 0 Å². The number of rotatable bonds is 4. The van der Waals surface area contributed by atoms with E-state index in [0.717, 1.165) is 11.1 Å². The van der Waals surface area contributed by atoms with E-state index in [1.165, 1.54) is 11.2 Å². The van der Waals surface area contributed by atoms with E-state index in [4.69, 9.17) is 9.52 Å². The maximum atomic E-state index is 12.9. The van der Waals surface area contributed by atoms with Gasteiger partial charge < -0.3 is 19.7 Å². The number of fused-ring (bicyclic) bond motifs is 1. The molecule has 1 aliphatic heterocycles. The van der Waals surface area contributed by atoms with E-state index in [1.54, 1.807) is 12.1 Å².